The molecule has 0 saturated heterocycles. The van der Waals surface area contributed by atoms with Crippen LogP contribution in [0.15, 0.2) is 0 Å². The molecule has 1 saturated carbocycles. The Morgan fingerprint density at radius 3 is 2.33 bits per heavy atom. The van der Waals surface area contributed by atoms with Gasteiger partial charge in [-0.25, -0.2) is 0 Å². The smallest absolute Gasteiger partial charge is 0.0275 e. The summed E-state index contributed by atoms with van der Waals surface area (Å²) in [6, 6.07) is 0. The van der Waals surface area contributed by atoms with Crippen molar-refractivity contribution in [3.8, 4) is 0 Å². The predicted molar refractivity (Wildman–Crippen MR) is 55.2 cm³/mol. The molecule has 1 rings (SSSR count). The van der Waals surface area contributed by atoms with Gasteiger partial charge in [0.05, 0.1) is 0 Å². The van der Waals surface area contributed by atoms with Gasteiger partial charge < -0.3 is 0 Å². The predicted octanol–water partition coefficient (Wildman–Crippen LogP) is 4.25. The van der Waals surface area contributed by atoms with E-state index in [9.17, 15) is 0 Å². The van der Waals surface area contributed by atoms with Crippen LogP contribution in [0.3, 0.4) is 0 Å². The Bertz CT molecular complexity index is 139. The second-order valence-corrected chi connectivity index (χ2v) is 4.80. The van der Waals surface area contributed by atoms with E-state index < -0.39 is 0 Å². The summed E-state index contributed by atoms with van der Waals surface area (Å²) in [5, 5.41) is 0. The van der Waals surface area contributed by atoms with Crippen molar-refractivity contribution in [3.63, 3.8) is 0 Å². The van der Waals surface area contributed by atoms with Gasteiger partial charge in [0.2, 0.25) is 0 Å². The standard InChI is InChI=1S/C12H24/c1-5-11-9-7-8-10(3)12(11,4)6-2/h10-11H,5-9H2,1-4H3. The molecule has 0 heterocycles. The van der Waals surface area contributed by atoms with E-state index in [0.717, 1.165) is 11.8 Å². The fraction of sp³-hybridized carbons (Fsp3) is 1.00. The minimum atomic E-state index is 0.646. The topological polar surface area (TPSA) is 0 Å². The van der Waals surface area contributed by atoms with Crippen molar-refractivity contribution < 1.29 is 0 Å². The van der Waals surface area contributed by atoms with Gasteiger partial charge in [0.25, 0.3) is 0 Å². The van der Waals surface area contributed by atoms with E-state index in [0.29, 0.717) is 5.41 Å². The molecule has 0 aromatic carbocycles. The molecule has 1 fully saturated rings. The van der Waals surface area contributed by atoms with Gasteiger partial charge in [-0.05, 0) is 23.7 Å². The molecule has 0 heteroatoms. The summed E-state index contributed by atoms with van der Waals surface area (Å²) in [4.78, 5) is 0. The zero-order valence-electron chi connectivity index (χ0n) is 9.19. The highest BCUT2D eigenvalue weighted by Gasteiger charge is 2.38. The maximum absolute atomic E-state index is 2.50. The molecule has 0 bridgehead atoms. The molecular weight excluding hydrogens is 144 g/mol. The Balaban J connectivity index is 2.72. The highest BCUT2D eigenvalue weighted by atomic mass is 14.4. The average Bonchev–Trinajstić information content (AvgIpc) is 2.10. The van der Waals surface area contributed by atoms with Crippen molar-refractivity contribution >= 4 is 0 Å². The normalized spacial score (nSPS) is 43.0. The Morgan fingerprint density at radius 1 is 1.25 bits per heavy atom. The lowest BCUT2D eigenvalue weighted by Crippen LogP contribution is -2.36. The van der Waals surface area contributed by atoms with Crippen LogP contribution < -0.4 is 0 Å². The molecular formula is C12H24. The second-order valence-electron chi connectivity index (χ2n) is 4.80. The quantitative estimate of drug-likeness (QED) is 0.578. The largest absolute Gasteiger partial charge is 0.0651 e. The molecule has 1 aliphatic rings. The summed E-state index contributed by atoms with van der Waals surface area (Å²) in [5.74, 6) is 1.94. The van der Waals surface area contributed by atoms with Gasteiger partial charge in [0.15, 0.2) is 0 Å². The van der Waals surface area contributed by atoms with Crippen LogP contribution in [0.4, 0.5) is 0 Å². The number of hydrogen-bond acceptors (Lipinski definition) is 0. The lowest BCUT2D eigenvalue weighted by Gasteiger charge is -2.46. The van der Waals surface area contributed by atoms with Crippen molar-refractivity contribution in [1.29, 1.82) is 0 Å². The minimum absolute atomic E-state index is 0.646. The maximum atomic E-state index is 2.50. The Morgan fingerprint density at radius 2 is 1.92 bits per heavy atom. The van der Waals surface area contributed by atoms with Gasteiger partial charge in [0, 0.05) is 0 Å². The van der Waals surface area contributed by atoms with E-state index >= 15 is 0 Å². The zero-order valence-corrected chi connectivity index (χ0v) is 9.19. The van der Waals surface area contributed by atoms with Crippen molar-refractivity contribution in [2.75, 3.05) is 0 Å². The molecule has 0 radical (unpaired) electrons. The van der Waals surface area contributed by atoms with Crippen molar-refractivity contribution in [1.82, 2.24) is 0 Å². The molecule has 0 aromatic rings. The molecule has 3 atom stereocenters. The Kier molecular flexibility index (Phi) is 3.20. The van der Waals surface area contributed by atoms with E-state index in [1.54, 1.807) is 0 Å². The van der Waals surface area contributed by atoms with Crippen LogP contribution in [0.2, 0.25) is 0 Å². The van der Waals surface area contributed by atoms with Crippen LogP contribution in [-0.4, -0.2) is 0 Å². The first-order valence-electron chi connectivity index (χ1n) is 5.65. The van der Waals surface area contributed by atoms with Gasteiger partial charge in [-0.3, -0.25) is 0 Å². The van der Waals surface area contributed by atoms with Gasteiger partial charge >= 0.3 is 0 Å². The molecule has 0 aromatic heterocycles. The first kappa shape index (κ1) is 10.1. The van der Waals surface area contributed by atoms with Crippen LogP contribution in [-0.2, 0) is 0 Å². The van der Waals surface area contributed by atoms with E-state index in [1.165, 1.54) is 32.1 Å². The molecule has 72 valence electrons. The summed E-state index contributed by atoms with van der Waals surface area (Å²) < 4.78 is 0. The van der Waals surface area contributed by atoms with Gasteiger partial charge in [0.1, 0.15) is 0 Å². The Hall–Kier alpha value is 0. The molecule has 3 unspecified atom stereocenters. The number of hydrogen-bond donors (Lipinski definition) is 0. The van der Waals surface area contributed by atoms with Gasteiger partial charge in [-0.1, -0.05) is 53.4 Å². The Labute approximate surface area is 77.7 Å². The molecule has 0 amide bonds. The summed E-state index contributed by atoms with van der Waals surface area (Å²) in [7, 11) is 0. The van der Waals surface area contributed by atoms with Crippen LogP contribution in [0.25, 0.3) is 0 Å². The summed E-state index contributed by atoms with van der Waals surface area (Å²) in [6.45, 7) is 9.68. The van der Waals surface area contributed by atoms with Crippen LogP contribution in [0.1, 0.15) is 59.8 Å². The SMILES string of the molecule is CCC1CCCC(C)C1(C)CC. The second kappa shape index (κ2) is 3.81. The van der Waals surface area contributed by atoms with Crippen LogP contribution in [0, 0.1) is 17.3 Å². The highest BCUT2D eigenvalue weighted by Crippen LogP contribution is 2.48. The van der Waals surface area contributed by atoms with E-state index in [2.05, 4.69) is 27.7 Å². The van der Waals surface area contributed by atoms with Crippen molar-refractivity contribution in [3.05, 3.63) is 0 Å². The zero-order chi connectivity index (χ0) is 9.19. The summed E-state index contributed by atoms with van der Waals surface area (Å²) in [5.41, 5.74) is 0.646. The molecule has 0 N–H and O–H groups in total. The maximum Gasteiger partial charge on any atom is -0.0275 e. The van der Waals surface area contributed by atoms with E-state index in [4.69, 9.17) is 0 Å². The fourth-order valence-electron chi connectivity index (χ4n) is 3.04. The third kappa shape index (κ3) is 1.53. The molecule has 0 aliphatic heterocycles. The van der Waals surface area contributed by atoms with E-state index in [1.807, 2.05) is 0 Å². The van der Waals surface area contributed by atoms with Gasteiger partial charge in [-0.15, -0.1) is 0 Å². The lowest BCUT2D eigenvalue weighted by molar-refractivity contribution is 0.0440. The van der Waals surface area contributed by atoms with Crippen LogP contribution >= 0.6 is 0 Å². The third-order valence-corrected chi connectivity index (χ3v) is 4.50. The molecule has 0 spiro atoms. The first-order chi connectivity index (χ1) is 5.65. The number of rotatable bonds is 2. The fourth-order valence-corrected chi connectivity index (χ4v) is 3.04. The summed E-state index contributed by atoms with van der Waals surface area (Å²) >= 11 is 0. The minimum Gasteiger partial charge on any atom is -0.0651 e. The molecule has 0 nitrogen and oxygen atoms in total. The van der Waals surface area contributed by atoms with E-state index in [-0.39, 0.29) is 0 Å². The monoisotopic (exact) mass is 168 g/mol. The lowest BCUT2D eigenvalue weighted by atomic mass is 9.60. The van der Waals surface area contributed by atoms with Gasteiger partial charge in [-0.2, -0.15) is 0 Å². The molecule has 1 aliphatic carbocycles. The van der Waals surface area contributed by atoms with Crippen molar-refractivity contribution in [2.45, 2.75) is 59.8 Å². The molecule has 12 heavy (non-hydrogen) atoms. The third-order valence-electron chi connectivity index (χ3n) is 4.50. The highest BCUT2D eigenvalue weighted by molar-refractivity contribution is 4.88. The first-order valence-corrected chi connectivity index (χ1v) is 5.65. The summed E-state index contributed by atoms with van der Waals surface area (Å²) in [6.07, 6.45) is 7.16. The van der Waals surface area contributed by atoms with Crippen molar-refractivity contribution in [2.24, 2.45) is 17.3 Å². The van der Waals surface area contributed by atoms with Crippen LogP contribution in [0.5, 0.6) is 0 Å². The average molecular weight is 168 g/mol.